The van der Waals surface area contributed by atoms with Gasteiger partial charge in [-0.1, -0.05) is 36.4 Å². The van der Waals surface area contributed by atoms with Gasteiger partial charge in [0.25, 0.3) is 5.91 Å². The Labute approximate surface area is 189 Å². The number of rotatable bonds is 1. The lowest BCUT2D eigenvalue weighted by Crippen LogP contribution is -2.61. The van der Waals surface area contributed by atoms with Crippen LogP contribution in [0, 0.1) is 0 Å². The number of thiol groups is 1. The predicted octanol–water partition coefficient (Wildman–Crippen LogP) is 2.08. The number of ether oxygens (including phenoxy) is 1. The molecular formula is C23H20N4O4S. The Hall–Kier alpha value is -3.72. The zero-order valence-corrected chi connectivity index (χ0v) is 17.9. The van der Waals surface area contributed by atoms with Crippen molar-refractivity contribution in [1.29, 1.82) is 0 Å². The average molecular weight is 449 g/mol. The second kappa shape index (κ2) is 7.76. The molecule has 2 bridgehead atoms. The highest BCUT2D eigenvalue weighted by molar-refractivity contribution is 7.81. The highest BCUT2D eigenvalue weighted by Gasteiger charge is 2.46. The Bertz CT molecular complexity index is 1280. The van der Waals surface area contributed by atoms with Gasteiger partial charge in [0.1, 0.15) is 24.7 Å². The number of amides is 1. The lowest BCUT2D eigenvalue weighted by molar-refractivity contribution is 0.0697. The number of hydrogen-bond acceptors (Lipinski definition) is 7. The molecule has 3 aromatic rings. The molecule has 1 amide bonds. The van der Waals surface area contributed by atoms with Gasteiger partial charge in [0.2, 0.25) is 5.43 Å². The number of hydrogen-bond donors (Lipinski definition) is 2. The standard InChI is InChI=1S/C23H20N4O4S/c28-17-10-13-26-19(20(17)29)22(30)25-12-4-5-14-31-18-9-6-11-24-21(18)23(32,27(26)15-25)16-7-2-1-3-8-16/h1-11,13,29,32H,12,14-15H2/b5-4-/t23-/m0/s1. The van der Waals surface area contributed by atoms with Gasteiger partial charge < -0.3 is 14.7 Å². The molecule has 0 spiro atoms. The van der Waals surface area contributed by atoms with Gasteiger partial charge in [-0.2, -0.15) is 0 Å². The lowest BCUT2D eigenvalue weighted by Gasteiger charge is -2.48. The Morgan fingerprint density at radius 2 is 1.88 bits per heavy atom. The predicted molar refractivity (Wildman–Crippen MR) is 122 cm³/mol. The van der Waals surface area contributed by atoms with Crippen LogP contribution in [0.4, 0.5) is 0 Å². The third-order valence-corrected chi connectivity index (χ3v) is 6.29. The van der Waals surface area contributed by atoms with Gasteiger partial charge in [-0.25, -0.2) is 0 Å². The van der Waals surface area contributed by atoms with Crippen LogP contribution in [0.25, 0.3) is 0 Å². The van der Waals surface area contributed by atoms with Crippen molar-refractivity contribution >= 4 is 18.5 Å². The van der Waals surface area contributed by atoms with Gasteiger partial charge in [-0.15, -0.1) is 12.6 Å². The van der Waals surface area contributed by atoms with Crippen LogP contribution in [0.3, 0.4) is 0 Å². The van der Waals surface area contributed by atoms with Crippen LogP contribution in [0.15, 0.2) is 77.9 Å². The molecule has 8 nitrogen and oxygen atoms in total. The Morgan fingerprint density at radius 1 is 1.06 bits per heavy atom. The van der Waals surface area contributed by atoms with E-state index in [4.69, 9.17) is 17.4 Å². The van der Waals surface area contributed by atoms with E-state index in [1.165, 1.54) is 21.8 Å². The Morgan fingerprint density at radius 3 is 2.69 bits per heavy atom. The van der Waals surface area contributed by atoms with Crippen LogP contribution in [-0.4, -0.2) is 45.4 Å². The molecule has 32 heavy (non-hydrogen) atoms. The summed E-state index contributed by atoms with van der Waals surface area (Å²) in [6.45, 7) is 0.686. The average Bonchev–Trinajstić information content (AvgIpc) is 2.84. The van der Waals surface area contributed by atoms with Gasteiger partial charge in [-0.3, -0.25) is 24.3 Å². The zero-order valence-electron chi connectivity index (χ0n) is 17.0. The fourth-order valence-electron chi connectivity index (χ4n) is 4.02. The summed E-state index contributed by atoms with van der Waals surface area (Å²) >= 11 is 5.16. The fourth-order valence-corrected chi connectivity index (χ4v) is 4.49. The summed E-state index contributed by atoms with van der Waals surface area (Å²) in [5, 5.41) is 12.3. The number of carbonyl (C=O) groups excluding carboxylic acids is 1. The summed E-state index contributed by atoms with van der Waals surface area (Å²) in [6, 6.07) is 14.3. The summed E-state index contributed by atoms with van der Waals surface area (Å²) in [6.07, 6.45) is 6.75. The number of benzene rings is 1. The first-order chi connectivity index (χ1) is 15.5. The summed E-state index contributed by atoms with van der Waals surface area (Å²) in [4.78, 5) is 30.4. The molecule has 1 atom stereocenters. The van der Waals surface area contributed by atoms with Crippen molar-refractivity contribution in [1.82, 2.24) is 14.6 Å². The van der Waals surface area contributed by atoms with Crippen molar-refractivity contribution in [3.8, 4) is 11.5 Å². The Balaban J connectivity index is 1.85. The van der Waals surface area contributed by atoms with Crippen LogP contribution < -0.4 is 15.2 Å². The van der Waals surface area contributed by atoms with Crippen LogP contribution in [0.1, 0.15) is 21.7 Å². The number of fused-ring (bicyclic) bond motifs is 5. The van der Waals surface area contributed by atoms with Crippen molar-refractivity contribution in [2.75, 3.05) is 24.8 Å². The molecule has 9 heteroatoms. The topological polar surface area (TPSA) is 87.9 Å². The van der Waals surface area contributed by atoms with E-state index >= 15 is 0 Å². The summed E-state index contributed by atoms with van der Waals surface area (Å²) < 4.78 is 7.49. The lowest BCUT2D eigenvalue weighted by atomic mass is 10.00. The molecule has 2 aliphatic rings. The van der Waals surface area contributed by atoms with E-state index in [-0.39, 0.29) is 25.5 Å². The first-order valence-corrected chi connectivity index (χ1v) is 10.5. The molecule has 5 rings (SSSR count). The van der Waals surface area contributed by atoms with Gasteiger partial charge >= 0.3 is 0 Å². The van der Waals surface area contributed by atoms with Crippen LogP contribution in [0.2, 0.25) is 0 Å². The number of aromatic nitrogens is 2. The number of aromatic hydroxyl groups is 1. The molecule has 1 aromatic carbocycles. The molecule has 0 saturated heterocycles. The van der Waals surface area contributed by atoms with E-state index in [1.54, 1.807) is 17.3 Å². The molecule has 2 aromatic heterocycles. The van der Waals surface area contributed by atoms with Gasteiger partial charge in [-0.05, 0) is 23.8 Å². The second-order valence-corrected chi connectivity index (χ2v) is 8.11. The molecule has 0 saturated carbocycles. The maximum atomic E-state index is 13.2. The maximum absolute atomic E-state index is 13.2. The fraction of sp³-hybridized carbons (Fsp3) is 0.174. The quantitative estimate of drug-likeness (QED) is 0.438. The highest BCUT2D eigenvalue weighted by Crippen LogP contribution is 2.43. The van der Waals surface area contributed by atoms with Crippen molar-refractivity contribution in [3.63, 3.8) is 0 Å². The van der Waals surface area contributed by atoms with Crippen LogP contribution in [-0.2, 0) is 4.87 Å². The van der Waals surface area contributed by atoms with E-state index in [9.17, 15) is 14.7 Å². The maximum Gasteiger partial charge on any atom is 0.278 e. The van der Waals surface area contributed by atoms with E-state index in [2.05, 4.69) is 4.98 Å². The number of nitrogens with zero attached hydrogens (tertiary/aromatic N) is 4. The van der Waals surface area contributed by atoms with E-state index in [0.29, 0.717) is 11.4 Å². The van der Waals surface area contributed by atoms with Crippen molar-refractivity contribution < 1.29 is 14.6 Å². The van der Waals surface area contributed by atoms with Crippen molar-refractivity contribution in [3.05, 3.63) is 100 Å². The van der Waals surface area contributed by atoms with Crippen molar-refractivity contribution in [2.24, 2.45) is 0 Å². The minimum absolute atomic E-state index is 0.121. The van der Waals surface area contributed by atoms with E-state index < -0.39 is 22.0 Å². The largest absolute Gasteiger partial charge is 0.502 e. The van der Waals surface area contributed by atoms with E-state index in [1.807, 2.05) is 48.6 Å². The number of pyridine rings is 2. The number of carbonyl (C=O) groups is 1. The molecule has 1 N–H and O–H groups in total. The second-order valence-electron chi connectivity index (χ2n) is 7.46. The summed E-state index contributed by atoms with van der Waals surface area (Å²) in [5.74, 6) is -0.522. The van der Waals surface area contributed by atoms with Gasteiger partial charge in [0, 0.05) is 25.0 Å². The molecule has 0 radical (unpaired) electrons. The first kappa shape index (κ1) is 20.2. The summed E-state index contributed by atoms with van der Waals surface area (Å²) in [5.41, 5.74) is 0.544. The zero-order chi connectivity index (χ0) is 22.3. The third-order valence-electron chi connectivity index (χ3n) is 5.59. The highest BCUT2D eigenvalue weighted by atomic mass is 32.1. The van der Waals surface area contributed by atoms with Crippen molar-refractivity contribution in [2.45, 2.75) is 4.87 Å². The molecule has 162 valence electrons. The SMILES string of the molecule is O=C1c2c(O)c(=O)ccn2N2CN1C/C=C\COc1cccnc1[C@@]2(S)c1ccccc1. The minimum Gasteiger partial charge on any atom is -0.502 e. The monoisotopic (exact) mass is 448 g/mol. The third kappa shape index (κ3) is 3.04. The van der Waals surface area contributed by atoms with E-state index in [0.717, 1.165) is 5.56 Å². The summed E-state index contributed by atoms with van der Waals surface area (Å²) in [7, 11) is 0. The van der Waals surface area contributed by atoms with Gasteiger partial charge in [0.05, 0.1) is 0 Å². The normalized spacial score (nSPS) is 21.1. The molecule has 2 aliphatic heterocycles. The first-order valence-electron chi connectivity index (χ1n) is 10.0. The molecule has 0 fully saturated rings. The van der Waals surface area contributed by atoms with Crippen LogP contribution >= 0.6 is 12.6 Å². The van der Waals surface area contributed by atoms with Gasteiger partial charge in [0.15, 0.2) is 16.3 Å². The Kier molecular flexibility index (Phi) is 4.90. The van der Waals surface area contributed by atoms with Crippen LogP contribution in [0.5, 0.6) is 11.5 Å². The molecule has 0 unspecified atom stereocenters. The molecule has 0 aliphatic carbocycles. The minimum atomic E-state index is -1.21. The smallest absolute Gasteiger partial charge is 0.278 e. The molecule has 4 heterocycles. The molecular weight excluding hydrogens is 428 g/mol.